The van der Waals surface area contributed by atoms with Gasteiger partial charge in [0, 0.05) is 24.4 Å². The zero-order chi connectivity index (χ0) is 13.7. The summed E-state index contributed by atoms with van der Waals surface area (Å²) in [6, 6.07) is 0.276. The second-order valence-electron chi connectivity index (χ2n) is 5.27. The summed E-state index contributed by atoms with van der Waals surface area (Å²) >= 11 is 1.67. The fourth-order valence-electron chi connectivity index (χ4n) is 2.43. The number of thiazole rings is 1. The van der Waals surface area contributed by atoms with Gasteiger partial charge in [-0.3, -0.25) is 4.79 Å². The van der Waals surface area contributed by atoms with E-state index in [2.05, 4.69) is 21.0 Å². The number of nitrogens with zero attached hydrogens (tertiary/aromatic N) is 1. The van der Waals surface area contributed by atoms with E-state index in [4.69, 9.17) is 0 Å². The zero-order valence-electron chi connectivity index (χ0n) is 11.7. The van der Waals surface area contributed by atoms with Crippen LogP contribution >= 0.6 is 11.3 Å². The molecule has 1 heterocycles. The van der Waals surface area contributed by atoms with E-state index in [0.717, 1.165) is 36.5 Å². The van der Waals surface area contributed by atoms with Crippen LogP contribution in [0.4, 0.5) is 0 Å². The van der Waals surface area contributed by atoms with Crippen molar-refractivity contribution in [1.82, 2.24) is 15.6 Å². The first-order chi connectivity index (χ1) is 9.15. The minimum Gasteiger partial charge on any atom is -0.352 e. The van der Waals surface area contributed by atoms with Crippen LogP contribution in [0.25, 0.3) is 0 Å². The van der Waals surface area contributed by atoms with Crippen LogP contribution in [0.5, 0.6) is 0 Å². The largest absolute Gasteiger partial charge is 0.352 e. The van der Waals surface area contributed by atoms with Crippen molar-refractivity contribution in [3.05, 3.63) is 16.1 Å². The van der Waals surface area contributed by atoms with E-state index in [1.165, 1.54) is 12.8 Å². The number of carbonyl (C=O) groups is 1. The Bertz CT molecular complexity index is 413. The molecule has 1 fully saturated rings. The van der Waals surface area contributed by atoms with Crippen molar-refractivity contribution in [2.45, 2.75) is 58.0 Å². The van der Waals surface area contributed by atoms with Gasteiger partial charge in [-0.2, -0.15) is 0 Å². The van der Waals surface area contributed by atoms with Crippen LogP contribution in [0.1, 0.15) is 43.3 Å². The molecule has 2 N–H and O–H groups in total. The molecule has 0 bridgehead atoms. The van der Waals surface area contributed by atoms with Crippen molar-refractivity contribution in [3.63, 3.8) is 0 Å². The fourth-order valence-corrected chi connectivity index (χ4v) is 3.08. The molecular formula is C14H23N3OS. The molecule has 1 atom stereocenters. The molecule has 0 radical (unpaired) electrons. The van der Waals surface area contributed by atoms with E-state index in [9.17, 15) is 4.79 Å². The van der Waals surface area contributed by atoms with Gasteiger partial charge in [0.15, 0.2) is 0 Å². The van der Waals surface area contributed by atoms with Crippen molar-refractivity contribution < 1.29 is 4.79 Å². The molecular weight excluding hydrogens is 258 g/mol. The standard InChI is InChI=1S/C14H23N3OS/c1-10(14(18)17-12-5-3-4-6-12)15-8-7-13-9-19-11(2)16-13/h9-10,12,15H,3-8H2,1-2H3,(H,17,18). The number of hydrogen-bond acceptors (Lipinski definition) is 4. The van der Waals surface area contributed by atoms with Crippen molar-refractivity contribution >= 4 is 17.2 Å². The first-order valence-corrected chi connectivity index (χ1v) is 7.98. The number of amides is 1. The molecule has 1 aromatic rings. The maximum atomic E-state index is 12.0. The first kappa shape index (κ1) is 14.5. The number of hydrogen-bond donors (Lipinski definition) is 2. The zero-order valence-corrected chi connectivity index (χ0v) is 12.6. The van der Waals surface area contributed by atoms with Gasteiger partial charge in [-0.1, -0.05) is 12.8 Å². The minimum absolute atomic E-state index is 0.125. The van der Waals surface area contributed by atoms with Crippen molar-refractivity contribution in [3.8, 4) is 0 Å². The molecule has 0 aromatic carbocycles. The molecule has 1 saturated carbocycles. The van der Waals surface area contributed by atoms with Gasteiger partial charge >= 0.3 is 0 Å². The summed E-state index contributed by atoms with van der Waals surface area (Å²) in [7, 11) is 0. The third-order valence-corrected chi connectivity index (χ3v) is 4.42. The SMILES string of the molecule is Cc1nc(CCNC(C)C(=O)NC2CCCC2)cs1. The van der Waals surface area contributed by atoms with E-state index in [1.54, 1.807) is 11.3 Å². The van der Waals surface area contributed by atoms with Crippen LogP contribution < -0.4 is 10.6 Å². The number of nitrogens with one attached hydrogen (secondary N) is 2. The summed E-state index contributed by atoms with van der Waals surface area (Å²) in [6.45, 7) is 4.73. The average Bonchev–Trinajstić information content (AvgIpc) is 3.01. The molecule has 19 heavy (non-hydrogen) atoms. The molecule has 1 aliphatic rings. The Morgan fingerprint density at radius 2 is 2.26 bits per heavy atom. The molecule has 4 nitrogen and oxygen atoms in total. The molecule has 2 rings (SSSR count). The van der Waals surface area contributed by atoms with Crippen LogP contribution in [0.2, 0.25) is 0 Å². The highest BCUT2D eigenvalue weighted by atomic mass is 32.1. The highest BCUT2D eigenvalue weighted by molar-refractivity contribution is 7.09. The topological polar surface area (TPSA) is 54.0 Å². The van der Waals surface area contributed by atoms with Crippen LogP contribution in [-0.2, 0) is 11.2 Å². The van der Waals surface area contributed by atoms with E-state index in [-0.39, 0.29) is 11.9 Å². The van der Waals surface area contributed by atoms with Crippen LogP contribution in [-0.4, -0.2) is 29.5 Å². The fraction of sp³-hybridized carbons (Fsp3) is 0.714. The van der Waals surface area contributed by atoms with Crippen molar-refractivity contribution in [2.75, 3.05) is 6.54 Å². The second-order valence-corrected chi connectivity index (χ2v) is 6.34. The molecule has 5 heteroatoms. The van der Waals surface area contributed by atoms with Gasteiger partial charge in [0.25, 0.3) is 0 Å². The number of rotatable bonds is 6. The molecule has 1 amide bonds. The Kier molecular flexibility index (Phi) is 5.34. The van der Waals surface area contributed by atoms with Crippen LogP contribution in [0.3, 0.4) is 0 Å². The van der Waals surface area contributed by atoms with Gasteiger partial charge in [-0.25, -0.2) is 4.98 Å². The molecule has 0 aliphatic heterocycles. The monoisotopic (exact) mass is 281 g/mol. The lowest BCUT2D eigenvalue weighted by Gasteiger charge is -2.17. The highest BCUT2D eigenvalue weighted by Gasteiger charge is 2.20. The lowest BCUT2D eigenvalue weighted by molar-refractivity contribution is -0.123. The average molecular weight is 281 g/mol. The summed E-state index contributed by atoms with van der Waals surface area (Å²) in [6.07, 6.45) is 5.64. The smallest absolute Gasteiger partial charge is 0.237 e. The summed E-state index contributed by atoms with van der Waals surface area (Å²) in [5.74, 6) is 0.126. The van der Waals surface area contributed by atoms with E-state index >= 15 is 0 Å². The third-order valence-electron chi connectivity index (χ3n) is 3.59. The maximum Gasteiger partial charge on any atom is 0.237 e. The first-order valence-electron chi connectivity index (χ1n) is 7.10. The molecule has 106 valence electrons. The highest BCUT2D eigenvalue weighted by Crippen LogP contribution is 2.17. The number of aromatic nitrogens is 1. The van der Waals surface area contributed by atoms with Gasteiger partial charge < -0.3 is 10.6 Å². The van der Waals surface area contributed by atoms with Gasteiger partial charge in [0.05, 0.1) is 16.7 Å². The summed E-state index contributed by atoms with van der Waals surface area (Å²) < 4.78 is 0. The lowest BCUT2D eigenvalue weighted by Crippen LogP contribution is -2.46. The second kappa shape index (κ2) is 7.01. The van der Waals surface area contributed by atoms with Gasteiger partial charge in [0.2, 0.25) is 5.91 Å². The molecule has 1 aromatic heterocycles. The Balaban J connectivity index is 1.65. The minimum atomic E-state index is -0.125. The Hall–Kier alpha value is -0.940. The van der Waals surface area contributed by atoms with Crippen LogP contribution in [0.15, 0.2) is 5.38 Å². The predicted octanol–water partition coefficient (Wildman–Crippen LogP) is 2.03. The normalized spacial score (nSPS) is 17.6. The summed E-state index contributed by atoms with van der Waals surface area (Å²) in [4.78, 5) is 16.4. The maximum absolute atomic E-state index is 12.0. The van der Waals surface area contributed by atoms with Gasteiger partial charge in [-0.15, -0.1) is 11.3 Å². The third kappa shape index (κ3) is 4.58. The molecule has 0 spiro atoms. The van der Waals surface area contributed by atoms with E-state index in [1.807, 2.05) is 13.8 Å². The van der Waals surface area contributed by atoms with E-state index in [0.29, 0.717) is 6.04 Å². The van der Waals surface area contributed by atoms with Crippen molar-refractivity contribution in [1.29, 1.82) is 0 Å². The number of aryl methyl sites for hydroxylation is 1. The predicted molar refractivity (Wildman–Crippen MR) is 78.4 cm³/mol. The summed E-state index contributed by atoms with van der Waals surface area (Å²) in [5.41, 5.74) is 1.11. The Labute approximate surface area is 119 Å². The number of carbonyl (C=O) groups excluding carboxylic acids is 1. The quantitative estimate of drug-likeness (QED) is 0.839. The van der Waals surface area contributed by atoms with Crippen LogP contribution in [0, 0.1) is 6.92 Å². The Morgan fingerprint density at radius 3 is 2.89 bits per heavy atom. The van der Waals surface area contributed by atoms with Crippen molar-refractivity contribution in [2.24, 2.45) is 0 Å². The van der Waals surface area contributed by atoms with Gasteiger partial charge in [-0.05, 0) is 26.7 Å². The molecule has 1 unspecified atom stereocenters. The van der Waals surface area contributed by atoms with Gasteiger partial charge in [0.1, 0.15) is 0 Å². The summed E-state index contributed by atoms with van der Waals surface area (Å²) in [5, 5.41) is 9.57. The van der Waals surface area contributed by atoms with E-state index < -0.39 is 0 Å². The molecule has 1 aliphatic carbocycles. The Morgan fingerprint density at radius 1 is 1.53 bits per heavy atom. The molecule has 0 saturated heterocycles. The lowest BCUT2D eigenvalue weighted by atomic mass is 10.2.